The molecule has 0 fully saturated rings. The molecule has 0 bridgehead atoms. The monoisotopic (exact) mass is 419 g/mol. The van der Waals surface area contributed by atoms with Crippen LogP contribution in [0.4, 0.5) is 5.69 Å². The van der Waals surface area contributed by atoms with Gasteiger partial charge in [-0.25, -0.2) is 0 Å². The lowest BCUT2D eigenvalue weighted by Gasteiger charge is -2.23. The molecular weight excluding hydrogens is 402 g/mol. The van der Waals surface area contributed by atoms with Crippen molar-refractivity contribution < 1.29 is 17.9 Å². The normalized spacial score (nSPS) is 15.5. The molecule has 0 aromatic heterocycles. The van der Waals surface area contributed by atoms with Gasteiger partial charge in [0.2, 0.25) is 0 Å². The molecular formula is C19H18ClN3O4S. The highest BCUT2D eigenvalue weighted by Crippen LogP contribution is 2.28. The zero-order valence-electron chi connectivity index (χ0n) is 15.2. The van der Waals surface area contributed by atoms with E-state index in [1.807, 2.05) is 18.2 Å². The number of methoxy groups -OCH3 is 1. The highest BCUT2D eigenvalue weighted by Gasteiger charge is 2.28. The Hall–Kier alpha value is -2.84. The fourth-order valence-electron chi connectivity index (χ4n) is 2.63. The minimum atomic E-state index is -3.90. The van der Waals surface area contributed by atoms with Crippen molar-refractivity contribution in [3.05, 3.63) is 70.9 Å². The van der Waals surface area contributed by atoms with Crippen LogP contribution in [0.15, 0.2) is 64.7 Å². The van der Waals surface area contributed by atoms with Crippen molar-refractivity contribution in [2.45, 2.75) is 13.5 Å². The molecule has 9 heteroatoms. The van der Waals surface area contributed by atoms with Gasteiger partial charge in [0.1, 0.15) is 5.75 Å². The van der Waals surface area contributed by atoms with E-state index >= 15 is 0 Å². The summed E-state index contributed by atoms with van der Waals surface area (Å²) in [7, 11) is -2.40. The Balaban J connectivity index is 1.85. The molecule has 0 saturated heterocycles. The second kappa shape index (κ2) is 8.04. The van der Waals surface area contributed by atoms with Gasteiger partial charge in [0.15, 0.2) is 0 Å². The molecule has 146 valence electrons. The van der Waals surface area contributed by atoms with Crippen LogP contribution in [0.2, 0.25) is 5.02 Å². The van der Waals surface area contributed by atoms with Gasteiger partial charge >= 0.3 is 10.2 Å². The Morgan fingerprint density at radius 3 is 2.57 bits per heavy atom. The van der Waals surface area contributed by atoms with E-state index in [1.165, 1.54) is 20.2 Å². The van der Waals surface area contributed by atoms with Crippen LogP contribution < -0.4 is 10.1 Å². The third-order valence-corrected chi connectivity index (χ3v) is 5.67. The first-order valence-electron chi connectivity index (χ1n) is 8.29. The number of ether oxygens (including phenoxy) is 1. The Morgan fingerprint density at radius 1 is 1.21 bits per heavy atom. The average Bonchev–Trinajstić information content (AvgIpc) is 2.64. The third-order valence-electron chi connectivity index (χ3n) is 4.05. The number of amides is 1. The van der Waals surface area contributed by atoms with E-state index in [-0.39, 0.29) is 17.8 Å². The average molecular weight is 420 g/mol. The van der Waals surface area contributed by atoms with Crippen molar-refractivity contribution in [2.24, 2.45) is 4.40 Å². The first-order valence-corrected chi connectivity index (χ1v) is 10.1. The largest absolute Gasteiger partial charge is 0.495 e. The number of halogens is 1. The molecule has 2 aromatic carbocycles. The number of rotatable bonds is 5. The van der Waals surface area contributed by atoms with Gasteiger partial charge in [-0.1, -0.05) is 41.9 Å². The minimum absolute atomic E-state index is 0.0745. The van der Waals surface area contributed by atoms with Crippen molar-refractivity contribution in [1.29, 1.82) is 0 Å². The standard InChI is InChI=1S/C19H18ClN3O4S/c1-13-16(19(24)21-15-8-9-18(27-2)17(20)10-15)12-23(28(25,26)22-13)11-14-6-4-3-5-7-14/h3-10,12H,11H2,1-2H3,(H,21,24). The van der Waals surface area contributed by atoms with Crippen LogP contribution in [0.25, 0.3) is 0 Å². The summed E-state index contributed by atoms with van der Waals surface area (Å²) in [6.45, 7) is 1.55. The first kappa shape index (κ1) is 19.9. The fraction of sp³-hybridized carbons (Fsp3) is 0.158. The second-order valence-corrected chi connectivity index (χ2v) is 7.99. The summed E-state index contributed by atoms with van der Waals surface area (Å²) in [5.74, 6) is -0.00938. The Bertz CT molecular complexity index is 1070. The number of carbonyl (C=O) groups is 1. The Kier molecular flexibility index (Phi) is 5.71. The van der Waals surface area contributed by atoms with Crippen molar-refractivity contribution in [3.63, 3.8) is 0 Å². The highest BCUT2D eigenvalue weighted by molar-refractivity contribution is 7.88. The molecule has 7 nitrogen and oxygen atoms in total. The number of nitrogens with zero attached hydrogens (tertiary/aromatic N) is 2. The summed E-state index contributed by atoms with van der Waals surface area (Å²) in [6.07, 6.45) is 1.30. The highest BCUT2D eigenvalue weighted by atomic mass is 35.5. The summed E-state index contributed by atoms with van der Waals surface area (Å²) in [4.78, 5) is 12.7. The number of hydrogen-bond donors (Lipinski definition) is 1. The number of benzene rings is 2. The maximum absolute atomic E-state index is 12.7. The second-order valence-electron chi connectivity index (χ2n) is 6.03. The summed E-state index contributed by atoms with van der Waals surface area (Å²) in [6, 6.07) is 13.9. The smallest absolute Gasteiger partial charge is 0.344 e. The number of anilines is 1. The van der Waals surface area contributed by atoms with E-state index in [4.69, 9.17) is 16.3 Å². The van der Waals surface area contributed by atoms with E-state index in [2.05, 4.69) is 9.71 Å². The van der Waals surface area contributed by atoms with Crippen LogP contribution >= 0.6 is 11.6 Å². The van der Waals surface area contributed by atoms with Gasteiger partial charge in [0.05, 0.1) is 30.0 Å². The van der Waals surface area contributed by atoms with Gasteiger partial charge in [-0.3, -0.25) is 9.10 Å². The predicted octanol–water partition coefficient (Wildman–Crippen LogP) is 3.39. The summed E-state index contributed by atoms with van der Waals surface area (Å²) < 4.78 is 34.6. The zero-order valence-corrected chi connectivity index (χ0v) is 16.8. The van der Waals surface area contributed by atoms with E-state index < -0.39 is 16.1 Å². The molecule has 0 unspecified atom stereocenters. The zero-order chi connectivity index (χ0) is 20.3. The molecule has 0 saturated carbocycles. The Labute approximate surface area is 168 Å². The van der Waals surface area contributed by atoms with E-state index in [1.54, 1.807) is 30.3 Å². The van der Waals surface area contributed by atoms with Crippen molar-refractivity contribution in [1.82, 2.24) is 4.31 Å². The maximum Gasteiger partial charge on any atom is 0.344 e. The SMILES string of the molecule is COc1ccc(NC(=O)C2=CN(Cc3ccccc3)S(=O)(=O)N=C2C)cc1Cl. The maximum atomic E-state index is 12.7. The van der Waals surface area contributed by atoms with Crippen LogP contribution in [0, 0.1) is 0 Å². The molecule has 1 aliphatic rings. The molecule has 0 radical (unpaired) electrons. The van der Waals surface area contributed by atoms with Crippen LogP contribution in [-0.2, 0) is 21.5 Å². The lowest BCUT2D eigenvalue weighted by atomic mass is 10.1. The lowest BCUT2D eigenvalue weighted by molar-refractivity contribution is -0.112. The third kappa shape index (κ3) is 4.35. The predicted molar refractivity (Wildman–Crippen MR) is 109 cm³/mol. The summed E-state index contributed by atoms with van der Waals surface area (Å²) in [5, 5.41) is 3.04. The van der Waals surface area contributed by atoms with Crippen LogP contribution in [0.1, 0.15) is 12.5 Å². The van der Waals surface area contributed by atoms with Gasteiger partial charge in [0.25, 0.3) is 5.91 Å². The molecule has 0 atom stereocenters. The summed E-state index contributed by atoms with van der Waals surface area (Å²) in [5.41, 5.74) is 1.49. The molecule has 1 amide bonds. The summed E-state index contributed by atoms with van der Waals surface area (Å²) >= 11 is 6.08. The first-order chi connectivity index (χ1) is 13.3. The fourth-order valence-corrected chi connectivity index (χ4v) is 3.99. The molecule has 1 N–H and O–H groups in total. The number of nitrogens with one attached hydrogen (secondary N) is 1. The lowest BCUT2D eigenvalue weighted by Crippen LogP contribution is -2.32. The Morgan fingerprint density at radius 2 is 1.93 bits per heavy atom. The van der Waals surface area contributed by atoms with Crippen molar-refractivity contribution in [2.75, 3.05) is 12.4 Å². The minimum Gasteiger partial charge on any atom is -0.495 e. The van der Waals surface area contributed by atoms with Gasteiger partial charge in [0, 0.05) is 11.9 Å². The van der Waals surface area contributed by atoms with Crippen LogP contribution in [0.3, 0.4) is 0 Å². The molecule has 3 rings (SSSR count). The molecule has 0 spiro atoms. The molecule has 2 aromatic rings. The molecule has 0 aliphatic carbocycles. The van der Waals surface area contributed by atoms with Gasteiger partial charge in [-0.15, -0.1) is 4.40 Å². The van der Waals surface area contributed by atoms with E-state index in [0.717, 1.165) is 9.87 Å². The van der Waals surface area contributed by atoms with E-state index in [0.29, 0.717) is 16.5 Å². The molecule has 1 aliphatic heterocycles. The topological polar surface area (TPSA) is 88.1 Å². The van der Waals surface area contributed by atoms with Crippen LogP contribution in [0.5, 0.6) is 5.75 Å². The number of hydrogen-bond acceptors (Lipinski definition) is 4. The molecule has 28 heavy (non-hydrogen) atoms. The van der Waals surface area contributed by atoms with Crippen molar-refractivity contribution >= 4 is 39.1 Å². The van der Waals surface area contributed by atoms with Crippen molar-refractivity contribution in [3.8, 4) is 5.75 Å². The quantitative estimate of drug-likeness (QED) is 0.804. The van der Waals surface area contributed by atoms with Gasteiger partial charge < -0.3 is 10.1 Å². The van der Waals surface area contributed by atoms with Gasteiger partial charge in [-0.2, -0.15) is 8.42 Å². The van der Waals surface area contributed by atoms with E-state index in [9.17, 15) is 13.2 Å². The van der Waals surface area contributed by atoms with Gasteiger partial charge in [-0.05, 0) is 30.7 Å². The number of carbonyl (C=O) groups excluding carboxylic acids is 1. The molecule has 1 heterocycles. The van der Waals surface area contributed by atoms with Crippen LogP contribution in [-0.4, -0.2) is 31.5 Å².